The van der Waals surface area contributed by atoms with E-state index in [4.69, 9.17) is 9.84 Å². The van der Waals surface area contributed by atoms with Gasteiger partial charge in [-0.05, 0) is 62.4 Å². The maximum atomic E-state index is 12.0. The molecule has 9 heteroatoms. The lowest BCUT2D eigenvalue weighted by Crippen LogP contribution is -2.40. The molecule has 1 aromatic carbocycles. The molecule has 0 aliphatic carbocycles. The standard InChI is InChI=1S/C25H38N4O4Si/c1-18-22(11-8-19-6-9-21(10-7-19)29-14-4-5-24(29)31)33-23(25(18)34(2,3)32)12-15-28-17-20(13-16-30)26-27-28/h6-7,9-10,17-18,22-23,25,30,32H,4-5,8,11-16H2,1-3H3/t18-,22+,23-,25+/m0/s1. The first-order valence-electron chi connectivity index (χ1n) is 12.5. The number of benzene rings is 1. The summed E-state index contributed by atoms with van der Waals surface area (Å²) >= 11 is 0. The van der Waals surface area contributed by atoms with Crippen molar-refractivity contribution in [2.24, 2.45) is 5.92 Å². The molecule has 3 heterocycles. The summed E-state index contributed by atoms with van der Waals surface area (Å²) in [7, 11) is -2.42. The normalized spacial score (nSPS) is 25.4. The van der Waals surface area contributed by atoms with Crippen LogP contribution in [0.1, 0.15) is 43.9 Å². The second kappa shape index (κ2) is 10.7. The number of anilines is 1. The van der Waals surface area contributed by atoms with Gasteiger partial charge in [-0.15, -0.1) is 5.10 Å². The van der Waals surface area contributed by atoms with Crippen molar-refractivity contribution in [3.8, 4) is 0 Å². The molecule has 2 aromatic rings. The number of ether oxygens (including phenoxy) is 1. The molecule has 2 aliphatic heterocycles. The SMILES string of the molecule is C[C@@H]1[C@@H]([Si](C)(C)O)[C@H](CCn2cc(CCO)nn2)O[C@@H]1CCc1ccc(N2CCCC2=O)cc1. The average molecular weight is 487 g/mol. The lowest BCUT2D eigenvalue weighted by molar-refractivity contribution is -0.117. The Morgan fingerprint density at radius 1 is 1.15 bits per heavy atom. The Balaban J connectivity index is 1.35. The third-order valence-corrected chi connectivity index (χ3v) is 9.88. The van der Waals surface area contributed by atoms with Gasteiger partial charge in [0.25, 0.3) is 0 Å². The fourth-order valence-electron chi connectivity index (χ4n) is 5.69. The molecule has 0 unspecified atom stereocenters. The minimum absolute atomic E-state index is 0.000661. The topological polar surface area (TPSA) is 101 Å². The van der Waals surface area contributed by atoms with Crippen molar-refractivity contribution in [3.05, 3.63) is 41.7 Å². The maximum Gasteiger partial charge on any atom is 0.227 e. The molecule has 1 aromatic heterocycles. The molecule has 2 aliphatic rings. The molecule has 2 saturated heterocycles. The Morgan fingerprint density at radius 2 is 1.91 bits per heavy atom. The molecule has 4 atom stereocenters. The zero-order valence-corrected chi connectivity index (χ0v) is 21.6. The van der Waals surface area contributed by atoms with Gasteiger partial charge in [0.15, 0.2) is 8.32 Å². The van der Waals surface area contributed by atoms with Crippen molar-refractivity contribution < 1.29 is 19.4 Å². The predicted octanol–water partition coefficient (Wildman–Crippen LogP) is 2.93. The average Bonchev–Trinajstić information content (AvgIpc) is 3.50. The highest BCUT2D eigenvalue weighted by Gasteiger charge is 2.49. The van der Waals surface area contributed by atoms with Crippen molar-refractivity contribution in [1.29, 1.82) is 0 Å². The molecular formula is C25H38N4O4Si. The van der Waals surface area contributed by atoms with Crippen molar-refractivity contribution in [3.63, 3.8) is 0 Å². The van der Waals surface area contributed by atoms with Crippen LogP contribution in [0, 0.1) is 5.92 Å². The number of aromatic nitrogens is 3. The first-order valence-corrected chi connectivity index (χ1v) is 15.6. The highest BCUT2D eigenvalue weighted by atomic mass is 28.4. The van der Waals surface area contributed by atoms with Crippen LogP contribution in [0.25, 0.3) is 0 Å². The number of rotatable bonds is 10. The van der Waals surface area contributed by atoms with Crippen molar-refractivity contribution in [1.82, 2.24) is 15.0 Å². The van der Waals surface area contributed by atoms with Crippen LogP contribution < -0.4 is 4.90 Å². The van der Waals surface area contributed by atoms with Crippen LogP contribution in [-0.2, 0) is 28.9 Å². The Kier molecular flexibility index (Phi) is 7.86. The van der Waals surface area contributed by atoms with Crippen molar-refractivity contribution in [2.45, 2.75) is 82.8 Å². The first-order chi connectivity index (χ1) is 16.3. The van der Waals surface area contributed by atoms with Crippen LogP contribution in [0.2, 0.25) is 18.6 Å². The molecule has 4 rings (SSSR count). The third kappa shape index (κ3) is 5.76. The molecule has 34 heavy (non-hydrogen) atoms. The van der Waals surface area contributed by atoms with Gasteiger partial charge in [0.2, 0.25) is 5.91 Å². The molecule has 1 amide bonds. The number of hydrogen-bond acceptors (Lipinski definition) is 6. The number of carbonyl (C=O) groups is 1. The number of aliphatic hydroxyl groups excluding tert-OH is 1. The zero-order chi connectivity index (χ0) is 24.3. The molecule has 2 fully saturated rings. The summed E-state index contributed by atoms with van der Waals surface area (Å²) < 4.78 is 8.36. The monoisotopic (exact) mass is 486 g/mol. The summed E-state index contributed by atoms with van der Waals surface area (Å²) in [6.45, 7) is 7.80. The highest BCUT2D eigenvalue weighted by Crippen LogP contribution is 2.45. The fraction of sp³-hybridized carbons (Fsp3) is 0.640. The first kappa shape index (κ1) is 25.0. The summed E-state index contributed by atoms with van der Waals surface area (Å²) in [6, 6.07) is 8.34. The molecular weight excluding hydrogens is 448 g/mol. The van der Waals surface area contributed by atoms with Gasteiger partial charge in [0, 0.05) is 50.0 Å². The van der Waals surface area contributed by atoms with Gasteiger partial charge < -0.3 is 19.5 Å². The maximum absolute atomic E-state index is 12.0. The quantitative estimate of drug-likeness (QED) is 0.501. The number of hydrogen-bond donors (Lipinski definition) is 2. The Hall–Kier alpha value is -2.07. The van der Waals surface area contributed by atoms with E-state index in [0.717, 1.165) is 43.6 Å². The Labute approximate surface area is 203 Å². The number of carbonyl (C=O) groups excluding carboxylic acids is 1. The second-order valence-corrected chi connectivity index (χ2v) is 14.3. The zero-order valence-electron chi connectivity index (χ0n) is 20.6. The summed E-state index contributed by atoms with van der Waals surface area (Å²) in [6.07, 6.45) is 6.67. The molecule has 186 valence electrons. The number of nitrogens with zero attached hydrogens (tertiary/aromatic N) is 4. The molecule has 0 bridgehead atoms. The summed E-state index contributed by atoms with van der Waals surface area (Å²) in [4.78, 5) is 24.9. The minimum atomic E-state index is -2.42. The van der Waals surface area contributed by atoms with Gasteiger partial charge in [-0.3, -0.25) is 9.48 Å². The summed E-state index contributed by atoms with van der Waals surface area (Å²) in [5, 5.41) is 17.3. The van der Waals surface area contributed by atoms with Crippen molar-refractivity contribution >= 4 is 19.9 Å². The van der Waals surface area contributed by atoms with E-state index in [-0.39, 0.29) is 30.3 Å². The largest absolute Gasteiger partial charge is 0.432 e. The van der Waals surface area contributed by atoms with E-state index in [1.54, 1.807) is 0 Å². The van der Waals surface area contributed by atoms with Crippen LogP contribution in [0.5, 0.6) is 0 Å². The highest BCUT2D eigenvalue weighted by molar-refractivity contribution is 6.71. The lowest BCUT2D eigenvalue weighted by Gasteiger charge is -2.30. The Bertz CT molecular complexity index is 959. The van der Waals surface area contributed by atoms with Gasteiger partial charge in [-0.2, -0.15) is 0 Å². The summed E-state index contributed by atoms with van der Waals surface area (Å²) in [5.74, 6) is 0.503. The lowest BCUT2D eigenvalue weighted by atomic mass is 9.95. The summed E-state index contributed by atoms with van der Waals surface area (Å²) in [5.41, 5.74) is 3.18. The minimum Gasteiger partial charge on any atom is -0.432 e. The molecule has 0 saturated carbocycles. The van der Waals surface area contributed by atoms with E-state index in [2.05, 4.69) is 41.5 Å². The van der Waals surface area contributed by atoms with Crippen LogP contribution in [0.3, 0.4) is 0 Å². The molecule has 0 spiro atoms. The van der Waals surface area contributed by atoms with E-state index in [0.29, 0.717) is 25.3 Å². The van der Waals surface area contributed by atoms with Gasteiger partial charge in [-0.25, -0.2) is 0 Å². The van der Waals surface area contributed by atoms with Gasteiger partial charge in [-0.1, -0.05) is 24.3 Å². The van der Waals surface area contributed by atoms with Gasteiger partial charge >= 0.3 is 0 Å². The van der Waals surface area contributed by atoms with Crippen LogP contribution in [-0.4, -0.2) is 64.5 Å². The van der Waals surface area contributed by atoms with Crippen LogP contribution in [0.15, 0.2) is 30.5 Å². The number of amides is 1. The van der Waals surface area contributed by atoms with Gasteiger partial charge in [0.1, 0.15) is 0 Å². The van der Waals surface area contributed by atoms with Crippen molar-refractivity contribution in [2.75, 3.05) is 18.1 Å². The van der Waals surface area contributed by atoms with Crippen LogP contribution in [0.4, 0.5) is 5.69 Å². The van der Waals surface area contributed by atoms with Crippen LogP contribution >= 0.6 is 0 Å². The van der Waals surface area contributed by atoms with E-state index in [1.165, 1.54) is 5.56 Å². The molecule has 8 nitrogen and oxygen atoms in total. The van der Waals surface area contributed by atoms with Gasteiger partial charge in [0.05, 0.1) is 17.9 Å². The van der Waals surface area contributed by atoms with E-state index in [1.807, 2.05) is 28.9 Å². The third-order valence-electron chi connectivity index (χ3n) is 7.35. The smallest absolute Gasteiger partial charge is 0.227 e. The van der Waals surface area contributed by atoms with E-state index in [9.17, 15) is 9.59 Å². The van der Waals surface area contributed by atoms with E-state index >= 15 is 0 Å². The fourth-order valence-corrected chi connectivity index (χ4v) is 8.35. The second-order valence-electron chi connectivity index (χ2n) is 10.3. The molecule has 2 N–H and O–H groups in total. The predicted molar refractivity (Wildman–Crippen MR) is 133 cm³/mol. The molecule has 0 radical (unpaired) electrons. The van der Waals surface area contributed by atoms with E-state index < -0.39 is 8.32 Å². The Morgan fingerprint density at radius 3 is 2.56 bits per heavy atom. The number of aryl methyl sites for hydroxylation is 2. The number of aliphatic hydroxyl groups is 1.